The molecule has 0 unspecified atom stereocenters. The highest BCUT2D eigenvalue weighted by molar-refractivity contribution is 7.78. The normalized spacial score (nSPS) is 12.6. The van der Waals surface area contributed by atoms with E-state index in [0.29, 0.717) is 5.82 Å². The van der Waals surface area contributed by atoms with E-state index in [2.05, 4.69) is 12.8 Å². The van der Waals surface area contributed by atoms with E-state index in [0.717, 1.165) is 0 Å². The average Bonchev–Trinajstić information content (AvgIpc) is 1.87. The molecule has 0 aliphatic rings. The van der Waals surface area contributed by atoms with Gasteiger partial charge in [0.25, 0.3) is 0 Å². The van der Waals surface area contributed by atoms with E-state index >= 15 is 0 Å². The molecule has 0 amide bonds. The van der Waals surface area contributed by atoms with Crippen molar-refractivity contribution < 1.29 is 0 Å². The molecule has 0 spiro atoms. The molecule has 0 atom stereocenters. The van der Waals surface area contributed by atoms with E-state index in [-0.39, 0.29) is 0 Å². The highest BCUT2D eigenvalue weighted by Crippen LogP contribution is 2.00. The van der Waals surface area contributed by atoms with Gasteiger partial charge in [-0.15, -0.1) is 0 Å². The van der Waals surface area contributed by atoms with Gasteiger partial charge in [-0.2, -0.15) is 0 Å². The second-order valence-corrected chi connectivity index (χ2v) is 1.97. The van der Waals surface area contributed by atoms with Crippen LogP contribution in [0.15, 0.2) is 24.2 Å². The van der Waals surface area contributed by atoms with Crippen molar-refractivity contribution in [3.05, 3.63) is 24.2 Å². The van der Waals surface area contributed by atoms with E-state index in [1.165, 1.54) is 0 Å². The van der Waals surface area contributed by atoms with Crippen molar-refractivity contribution in [3.8, 4) is 0 Å². The van der Waals surface area contributed by atoms with Crippen LogP contribution in [-0.2, 0) is 0 Å². The lowest BCUT2D eigenvalue weighted by Crippen LogP contribution is -2.11. The largest absolute Gasteiger partial charge is 0.385 e. The fourth-order valence-corrected chi connectivity index (χ4v) is 0.608. The second-order valence-electron chi connectivity index (χ2n) is 1.54. The molecule has 0 saturated heterocycles. The molecule has 0 rings (SSSR count). The predicted octanol–water partition coefficient (Wildman–Crippen LogP) is 1.49. The first-order chi connectivity index (χ1) is 4.22. The Bertz CT molecular complexity index is 129. The molecule has 0 bridgehead atoms. The first-order valence-electron chi connectivity index (χ1n) is 2.75. The number of rotatable bonds is 2. The van der Waals surface area contributed by atoms with Gasteiger partial charge in [0.2, 0.25) is 0 Å². The molecule has 0 aromatic rings. The van der Waals surface area contributed by atoms with Gasteiger partial charge in [0, 0.05) is 6.20 Å². The fourth-order valence-electron chi connectivity index (χ4n) is 0.360. The molecule has 2 N–H and O–H groups in total. The van der Waals surface area contributed by atoms with Crippen LogP contribution in [-0.4, -0.2) is 4.31 Å². The lowest BCUT2D eigenvalue weighted by atomic mass is 10.6. The smallest absolute Gasteiger partial charge is 0.108 e. The maximum absolute atomic E-state index is 5.46. The van der Waals surface area contributed by atoms with Crippen molar-refractivity contribution in [2.75, 3.05) is 0 Å². The Morgan fingerprint density at radius 1 is 1.56 bits per heavy atom. The molecule has 52 valence electrons. The Labute approximate surface area is 61.6 Å². The molecule has 3 heteroatoms. The van der Waals surface area contributed by atoms with Crippen molar-refractivity contribution >= 4 is 12.8 Å². The molecule has 0 aromatic carbocycles. The molecule has 0 saturated carbocycles. The Balaban J connectivity index is 3.88. The topological polar surface area (TPSA) is 29.3 Å². The van der Waals surface area contributed by atoms with Crippen LogP contribution in [0, 0.1) is 0 Å². The minimum Gasteiger partial charge on any atom is -0.385 e. The maximum Gasteiger partial charge on any atom is 0.108 e. The summed E-state index contributed by atoms with van der Waals surface area (Å²) in [6.45, 7) is 3.77. The summed E-state index contributed by atoms with van der Waals surface area (Å²) in [6.07, 6.45) is 5.43. The zero-order chi connectivity index (χ0) is 7.28. The van der Waals surface area contributed by atoms with E-state index in [1.807, 2.05) is 19.9 Å². The maximum atomic E-state index is 5.46. The second kappa shape index (κ2) is 4.32. The van der Waals surface area contributed by atoms with Gasteiger partial charge in [-0.25, -0.2) is 0 Å². The quantitative estimate of drug-likeness (QED) is 0.575. The zero-order valence-corrected chi connectivity index (χ0v) is 6.60. The highest BCUT2D eigenvalue weighted by atomic mass is 32.1. The van der Waals surface area contributed by atoms with Crippen molar-refractivity contribution in [2.45, 2.75) is 13.8 Å². The van der Waals surface area contributed by atoms with Crippen LogP contribution in [0.2, 0.25) is 0 Å². The van der Waals surface area contributed by atoms with Crippen molar-refractivity contribution in [3.63, 3.8) is 0 Å². The number of allylic oxidation sites excluding steroid dienone is 2. The number of nitrogens with two attached hydrogens (primary N) is 1. The van der Waals surface area contributed by atoms with Crippen LogP contribution in [0.3, 0.4) is 0 Å². The van der Waals surface area contributed by atoms with Crippen LogP contribution in [0.4, 0.5) is 0 Å². The molecular weight excluding hydrogens is 132 g/mol. The summed E-state index contributed by atoms with van der Waals surface area (Å²) in [6, 6.07) is 0. The van der Waals surface area contributed by atoms with Gasteiger partial charge >= 0.3 is 0 Å². The standard InChI is InChI=1S/C6H12N2S/c1-3-5-8(9)6(7)4-2/h3-5,9H,7H2,1-2H3/b5-3-,6-4-. The number of hydrogen-bond donors (Lipinski definition) is 2. The Morgan fingerprint density at radius 2 is 2.11 bits per heavy atom. The summed E-state index contributed by atoms with van der Waals surface area (Å²) in [7, 11) is 0. The molecule has 0 radical (unpaired) electrons. The summed E-state index contributed by atoms with van der Waals surface area (Å²) in [5, 5.41) is 0. The average molecular weight is 144 g/mol. The molecule has 0 fully saturated rings. The molecule has 2 nitrogen and oxygen atoms in total. The van der Waals surface area contributed by atoms with Crippen molar-refractivity contribution in [2.24, 2.45) is 5.73 Å². The predicted molar refractivity (Wildman–Crippen MR) is 43.6 cm³/mol. The molecule has 9 heavy (non-hydrogen) atoms. The van der Waals surface area contributed by atoms with E-state index in [4.69, 9.17) is 5.73 Å². The minimum absolute atomic E-state index is 0.636. The lowest BCUT2D eigenvalue weighted by molar-refractivity contribution is 0.760. The SMILES string of the molecule is C/C=C\N(S)/C(N)=C\C. The lowest BCUT2D eigenvalue weighted by Gasteiger charge is -2.10. The van der Waals surface area contributed by atoms with Crippen LogP contribution in [0.5, 0.6) is 0 Å². The molecule has 0 heterocycles. The van der Waals surface area contributed by atoms with Gasteiger partial charge in [0.15, 0.2) is 0 Å². The zero-order valence-electron chi connectivity index (χ0n) is 5.70. The summed E-state index contributed by atoms with van der Waals surface area (Å²) >= 11 is 4.04. The molecule has 0 aliphatic carbocycles. The fraction of sp³-hybridized carbons (Fsp3) is 0.333. The first-order valence-corrected chi connectivity index (χ1v) is 3.15. The van der Waals surface area contributed by atoms with Crippen LogP contribution >= 0.6 is 12.8 Å². The van der Waals surface area contributed by atoms with Gasteiger partial charge in [-0.05, 0) is 19.9 Å². The monoisotopic (exact) mass is 144 g/mol. The third kappa shape index (κ3) is 3.08. The van der Waals surface area contributed by atoms with E-state index in [1.54, 1.807) is 16.6 Å². The van der Waals surface area contributed by atoms with Crippen LogP contribution < -0.4 is 5.73 Å². The minimum atomic E-state index is 0.636. The van der Waals surface area contributed by atoms with E-state index < -0.39 is 0 Å². The van der Waals surface area contributed by atoms with E-state index in [9.17, 15) is 0 Å². The highest BCUT2D eigenvalue weighted by Gasteiger charge is 1.90. The van der Waals surface area contributed by atoms with Gasteiger partial charge in [-0.3, -0.25) is 4.31 Å². The van der Waals surface area contributed by atoms with Gasteiger partial charge < -0.3 is 5.73 Å². The Morgan fingerprint density at radius 3 is 2.44 bits per heavy atom. The Hall–Kier alpha value is -0.570. The number of nitrogens with zero attached hydrogens (tertiary/aromatic N) is 1. The summed E-state index contributed by atoms with van der Waals surface area (Å²) in [5.41, 5.74) is 5.46. The van der Waals surface area contributed by atoms with Gasteiger partial charge in [0.05, 0.1) is 0 Å². The molecular formula is C6H12N2S. The van der Waals surface area contributed by atoms with Crippen LogP contribution in [0.25, 0.3) is 0 Å². The summed E-state index contributed by atoms with van der Waals surface area (Å²) in [4.78, 5) is 0. The Kier molecular flexibility index (Phi) is 4.05. The van der Waals surface area contributed by atoms with Crippen LogP contribution in [0.1, 0.15) is 13.8 Å². The summed E-state index contributed by atoms with van der Waals surface area (Å²) < 4.78 is 1.56. The number of hydrogen-bond acceptors (Lipinski definition) is 3. The molecule has 0 aromatic heterocycles. The third-order valence-corrected chi connectivity index (χ3v) is 1.21. The first kappa shape index (κ1) is 8.43. The summed E-state index contributed by atoms with van der Waals surface area (Å²) in [5.74, 6) is 0.636. The van der Waals surface area contributed by atoms with Gasteiger partial charge in [0.1, 0.15) is 5.82 Å². The van der Waals surface area contributed by atoms with Crippen molar-refractivity contribution in [1.82, 2.24) is 4.31 Å². The van der Waals surface area contributed by atoms with Crippen molar-refractivity contribution in [1.29, 1.82) is 0 Å². The third-order valence-electron chi connectivity index (χ3n) is 0.851. The van der Waals surface area contributed by atoms with Gasteiger partial charge in [-0.1, -0.05) is 18.9 Å². The number of thiol groups is 1. The molecule has 0 aliphatic heterocycles.